The molecule has 0 radical (unpaired) electrons. The van der Waals surface area contributed by atoms with E-state index in [4.69, 9.17) is 0 Å². The summed E-state index contributed by atoms with van der Waals surface area (Å²) in [4.78, 5) is 1.41. The summed E-state index contributed by atoms with van der Waals surface area (Å²) in [5, 5.41) is 2.14. The van der Waals surface area contributed by atoms with E-state index in [-0.39, 0.29) is 0 Å². The molecule has 1 aromatic heterocycles. The van der Waals surface area contributed by atoms with Gasteiger partial charge in [0.05, 0.1) is 3.79 Å². The van der Waals surface area contributed by atoms with E-state index in [9.17, 15) is 0 Å². The Labute approximate surface area is 98.3 Å². The third-order valence-corrected chi connectivity index (χ3v) is 6.94. The van der Waals surface area contributed by atoms with Crippen LogP contribution < -0.4 is 0 Å². The summed E-state index contributed by atoms with van der Waals surface area (Å²) in [6.07, 6.45) is 0. The van der Waals surface area contributed by atoms with Gasteiger partial charge in [0.15, 0.2) is 0 Å². The van der Waals surface area contributed by atoms with Gasteiger partial charge in [-0.1, -0.05) is 19.6 Å². The third kappa shape index (κ3) is 4.67. The van der Waals surface area contributed by atoms with Crippen molar-refractivity contribution in [2.24, 2.45) is 0 Å². The largest absolute Gasteiger partial charge is 0.136 e. The summed E-state index contributed by atoms with van der Waals surface area (Å²) in [5.41, 5.74) is 0. The predicted molar refractivity (Wildman–Crippen MR) is 70.9 cm³/mol. The van der Waals surface area contributed by atoms with E-state index in [0.717, 1.165) is 0 Å². The highest BCUT2D eigenvalue weighted by atomic mass is 79.9. The Morgan fingerprint density at radius 3 is 2.62 bits per heavy atom. The smallest absolute Gasteiger partial charge is 0.0834 e. The molecule has 0 unspecified atom stereocenters. The first-order valence-electron chi connectivity index (χ1n) is 4.35. The molecule has 0 aromatic carbocycles. The highest BCUT2D eigenvalue weighted by Gasteiger charge is 2.12. The fourth-order valence-corrected chi connectivity index (χ4v) is 5.92. The average molecular weight is 295 g/mol. The molecule has 0 aliphatic heterocycles. The Hall–Kier alpha value is 0.747. The number of thiophene rings is 1. The second-order valence-electron chi connectivity index (χ2n) is 4.22. The van der Waals surface area contributed by atoms with E-state index < -0.39 is 8.07 Å². The maximum absolute atomic E-state index is 3.56. The average Bonchev–Trinajstić information content (AvgIpc) is 2.34. The van der Waals surface area contributed by atoms with E-state index in [1.165, 1.54) is 20.5 Å². The second kappa shape index (κ2) is 5.00. The van der Waals surface area contributed by atoms with Gasteiger partial charge in [-0.05, 0) is 39.2 Å². The van der Waals surface area contributed by atoms with Gasteiger partial charge in [0, 0.05) is 13.0 Å². The maximum atomic E-state index is 3.56. The first kappa shape index (κ1) is 11.8. The van der Waals surface area contributed by atoms with Crippen molar-refractivity contribution in [3.05, 3.63) is 15.2 Å². The molecule has 74 valence electrons. The Morgan fingerprint density at radius 2 is 2.15 bits per heavy atom. The minimum Gasteiger partial charge on any atom is -0.136 e. The third-order valence-electron chi connectivity index (χ3n) is 1.69. The molecule has 0 N–H and O–H groups in total. The molecule has 1 rings (SSSR count). The molecule has 4 heteroatoms. The van der Waals surface area contributed by atoms with Crippen molar-refractivity contribution in [2.75, 3.05) is 5.75 Å². The van der Waals surface area contributed by atoms with Crippen molar-refractivity contribution in [3.8, 4) is 0 Å². The molecule has 1 aromatic rings. The molecule has 0 saturated heterocycles. The van der Waals surface area contributed by atoms with Gasteiger partial charge >= 0.3 is 0 Å². The molecule has 0 aliphatic rings. The highest BCUT2D eigenvalue weighted by molar-refractivity contribution is 9.11. The summed E-state index contributed by atoms with van der Waals surface area (Å²) >= 11 is 7.30. The van der Waals surface area contributed by atoms with E-state index >= 15 is 0 Å². The molecule has 0 amide bonds. The van der Waals surface area contributed by atoms with Gasteiger partial charge < -0.3 is 0 Å². The quantitative estimate of drug-likeness (QED) is 0.560. The molecule has 0 atom stereocenters. The Morgan fingerprint density at radius 1 is 1.46 bits per heavy atom. The lowest BCUT2D eigenvalue weighted by Crippen LogP contribution is -2.19. The van der Waals surface area contributed by atoms with Gasteiger partial charge in [0.1, 0.15) is 0 Å². The minimum absolute atomic E-state index is 0.841. The molecule has 0 saturated carbocycles. The molecule has 1 heterocycles. The molecular formula is C9H15BrS2Si. The fourth-order valence-electron chi connectivity index (χ4n) is 0.851. The van der Waals surface area contributed by atoms with Gasteiger partial charge in [-0.2, -0.15) is 0 Å². The number of rotatable bonds is 4. The number of hydrogen-bond acceptors (Lipinski definition) is 2. The monoisotopic (exact) mass is 294 g/mol. The standard InChI is InChI=1S/C9H15BrS2Si/c1-13(2,3)7-6-11-8-4-5-12-9(8)10/h4-5H,6-7H2,1-3H3. The summed E-state index contributed by atoms with van der Waals surface area (Å²) < 4.78 is 1.29. The first-order valence-corrected chi connectivity index (χ1v) is 10.7. The summed E-state index contributed by atoms with van der Waals surface area (Å²) in [6.45, 7) is 7.28. The van der Waals surface area contributed by atoms with Crippen LogP contribution in [0.2, 0.25) is 25.7 Å². The van der Waals surface area contributed by atoms with Crippen LogP contribution in [-0.4, -0.2) is 13.8 Å². The fraction of sp³-hybridized carbons (Fsp3) is 0.556. The van der Waals surface area contributed by atoms with E-state index in [1.807, 2.05) is 11.8 Å². The highest BCUT2D eigenvalue weighted by Crippen LogP contribution is 2.33. The molecule has 0 spiro atoms. The number of thioether (sulfide) groups is 1. The Balaban J connectivity index is 2.32. The van der Waals surface area contributed by atoms with Crippen molar-refractivity contribution in [2.45, 2.75) is 30.6 Å². The minimum atomic E-state index is -0.841. The lowest BCUT2D eigenvalue weighted by Gasteiger charge is -2.14. The zero-order chi connectivity index (χ0) is 9.90. The van der Waals surface area contributed by atoms with Crippen LogP contribution in [0, 0.1) is 0 Å². The van der Waals surface area contributed by atoms with Crippen LogP contribution in [0.3, 0.4) is 0 Å². The molecule has 0 bridgehead atoms. The zero-order valence-electron chi connectivity index (χ0n) is 8.26. The van der Waals surface area contributed by atoms with Crippen molar-refractivity contribution in [1.82, 2.24) is 0 Å². The van der Waals surface area contributed by atoms with Crippen LogP contribution in [0.4, 0.5) is 0 Å². The van der Waals surface area contributed by atoms with Crippen LogP contribution in [-0.2, 0) is 0 Å². The van der Waals surface area contributed by atoms with Crippen LogP contribution in [0.1, 0.15) is 0 Å². The lowest BCUT2D eigenvalue weighted by atomic mass is 10.7. The molecule has 13 heavy (non-hydrogen) atoms. The Bertz CT molecular complexity index is 265. The van der Waals surface area contributed by atoms with E-state index in [1.54, 1.807) is 11.3 Å². The second-order valence-corrected chi connectivity index (χ2v) is 13.2. The Kier molecular flexibility index (Phi) is 4.55. The molecular weight excluding hydrogens is 280 g/mol. The molecule has 0 nitrogen and oxygen atoms in total. The number of halogens is 1. The van der Waals surface area contributed by atoms with Crippen LogP contribution in [0.5, 0.6) is 0 Å². The van der Waals surface area contributed by atoms with Crippen LogP contribution >= 0.6 is 39.0 Å². The van der Waals surface area contributed by atoms with E-state index in [0.29, 0.717) is 0 Å². The normalized spacial score (nSPS) is 12.0. The van der Waals surface area contributed by atoms with Gasteiger partial charge in [0.2, 0.25) is 0 Å². The molecule has 0 fully saturated rings. The van der Waals surface area contributed by atoms with Gasteiger partial charge in [-0.25, -0.2) is 0 Å². The van der Waals surface area contributed by atoms with Crippen molar-refractivity contribution < 1.29 is 0 Å². The summed E-state index contributed by atoms with van der Waals surface area (Å²) in [7, 11) is -0.841. The lowest BCUT2D eigenvalue weighted by molar-refractivity contribution is 1.36. The van der Waals surface area contributed by atoms with Gasteiger partial charge in [-0.15, -0.1) is 23.1 Å². The van der Waals surface area contributed by atoms with Crippen molar-refractivity contribution in [3.63, 3.8) is 0 Å². The van der Waals surface area contributed by atoms with Crippen LogP contribution in [0.25, 0.3) is 0 Å². The van der Waals surface area contributed by atoms with Gasteiger partial charge in [-0.3, -0.25) is 0 Å². The van der Waals surface area contributed by atoms with Crippen LogP contribution in [0.15, 0.2) is 20.1 Å². The van der Waals surface area contributed by atoms with Crippen molar-refractivity contribution in [1.29, 1.82) is 0 Å². The zero-order valence-corrected chi connectivity index (χ0v) is 12.5. The predicted octanol–water partition coefficient (Wildman–Crippen LogP) is 4.94. The molecule has 0 aliphatic carbocycles. The SMILES string of the molecule is C[Si](C)(C)CCSc1ccsc1Br. The summed E-state index contributed by atoms with van der Waals surface area (Å²) in [5.74, 6) is 1.27. The van der Waals surface area contributed by atoms with Crippen molar-refractivity contribution >= 4 is 47.1 Å². The summed E-state index contributed by atoms with van der Waals surface area (Å²) in [6, 6.07) is 3.60. The maximum Gasteiger partial charge on any atom is 0.0834 e. The van der Waals surface area contributed by atoms with E-state index in [2.05, 4.69) is 47.0 Å². The van der Waals surface area contributed by atoms with Gasteiger partial charge in [0.25, 0.3) is 0 Å². The topological polar surface area (TPSA) is 0 Å². The number of hydrogen-bond donors (Lipinski definition) is 0. The first-order chi connectivity index (χ1) is 5.99.